The Morgan fingerprint density at radius 1 is 1.03 bits per heavy atom. The number of carbonyl (C=O) groups excluding carboxylic acids is 3. The molecule has 0 saturated carbocycles. The molecule has 0 aliphatic carbocycles. The van der Waals surface area contributed by atoms with Crippen LogP contribution < -0.4 is 16.4 Å². The highest BCUT2D eigenvalue weighted by Gasteiger charge is 2.31. The fourth-order valence-electron chi connectivity index (χ4n) is 4.45. The number of benzene rings is 2. The van der Waals surface area contributed by atoms with Crippen molar-refractivity contribution in [3.05, 3.63) is 96.5 Å². The molecule has 204 valence electrons. The molecule has 39 heavy (non-hydrogen) atoms. The van der Waals surface area contributed by atoms with Gasteiger partial charge in [0, 0.05) is 25.7 Å². The zero-order valence-corrected chi connectivity index (χ0v) is 22.5. The van der Waals surface area contributed by atoms with E-state index in [1.54, 1.807) is 30.9 Å². The van der Waals surface area contributed by atoms with Crippen molar-refractivity contribution in [1.82, 2.24) is 19.8 Å². The number of hydrogen-bond donors (Lipinski definition) is 3. The maximum atomic E-state index is 13.7. The highest BCUT2D eigenvalue weighted by Crippen LogP contribution is 2.25. The SMILES string of the molecule is C=C1CCN(C(=O)C(c2ccccc2)n2cnc(NC(=O)[C@@H](Cc3ccccc3)NC(=O)C(C)(C)N)c2)CC1. The Kier molecular flexibility index (Phi) is 8.61. The minimum Gasteiger partial charge on any atom is -0.342 e. The van der Waals surface area contributed by atoms with Crippen LogP contribution in [0.25, 0.3) is 0 Å². The van der Waals surface area contributed by atoms with Crippen molar-refractivity contribution in [1.29, 1.82) is 0 Å². The van der Waals surface area contributed by atoms with Crippen LogP contribution in [-0.2, 0) is 20.8 Å². The number of likely N-dealkylation sites (tertiary alicyclic amines) is 1. The zero-order chi connectivity index (χ0) is 28.0. The summed E-state index contributed by atoms with van der Waals surface area (Å²) in [6, 6.07) is 17.4. The van der Waals surface area contributed by atoms with E-state index in [0.717, 1.165) is 29.5 Å². The van der Waals surface area contributed by atoms with E-state index < -0.39 is 29.4 Å². The molecule has 1 aromatic heterocycles. The van der Waals surface area contributed by atoms with Crippen molar-refractivity contribution in [3.8, 4) is 0 Å². The third kappa shape index (κ3) is 7.20. The summed E-state index contributed by atoms with van der Waals surface area (Å²) in [6.07, 6.45) is 5.03. The van der Waals surface area contributed by atoms with E-state index in [-0.39, 0.29) is 18.1 Å². The lowest BCUT2D eigenvalue weighted by molar-refractivity contribution is -0.134. The molecule has 2 heterocycles. The molecule has 3 aromatic rings. The summed E-state index contributed by atoms with van der Waals surface area (Å²) >= 11 is 0. The van der Waals surface area contributed by atoms with Crippen molar-refractivity contribution in [2.24, 2.45) is 5.73 Å². The number of amides is 3. The van der Waals surface area contributed by atoms with E-state index in [0.29, 0.717) is 13.1 Å². The Morgan fingerprint density at radius 2 is 1.64 bits per heavy atom. The molecule has 9 nitrogen and oxygen atoms in total. The second-order valence-corrected chi connectivity index (χ2v) is 10.5. The minimum atomic E-state index is -1.15. The smallest absolute Gasteiger partial charge is 0.250 e. The van der Waals surface area contributed by atoms with Crippen molar-refractivity contribution in [2.75, 3.05) is 18.4 Å². The van der Waals surface area contributed by atoms with E-state index in [1.807, 2.05) is 65.6 Å². The van der Waals surface area contributed by atoms with Crippen molar-refractivity contribution >= 4 is 23.5 Å². The molecule has 4 N–H and O–H groups in total. The van der Waals surface area contributed by atoms with Crippen LogP contribution in [0, 0.1) is 0 Å². The van der Waals surface area contributed by atoms with Crippen LogP contribution in [0.3, 0.4) is 0 Å². The third-order valence-electron chi connectivity index (χ3n) is 6.77. The summed E-state index contributed by atoms with van der Waals surface area (Å²) in [4.78, 5) is 45.9. The summed E-state index contributed by atoms with van der Waals surface area (Å²) in [5, 5.41) is 5.57. The quantitative estimate of drug-likeness (QED) is 0.369. The van der Waals surface area contributed by atoms with E-state index in [1.165, 1.54) is 0 Å². The number of nitrogens with one attached hydrogen (secondary N) is 2. The average Bonchev–Trinajstić information content (AvgIpc) is 3.37. The maximum Gasteiger partial charge on any atom is 0.250 e. The molecule has 2 atom stereocenters. The lowest BCUT2D eigenvalue weighted by Gasteiger charge is -2.32. The molecule has 3 amide bonds. The Bertz CT molecular complexity index is 1300. The molecule has 1 aliphatic heterocycles. The van der Waals surface area contributed by atoms with Crippen LogP contribution in [-0.4, -0.2) is 56.8 Å². The van der Waals surface area contributed by atoms with Crippen LogP contribution in [0.1, 0.15) is 43.9 Å². The topological polar surface area (TPSA) is 122 Å². The number of aromatic nitrogens is 2. The monoisotopic (exact) mass is 528 g/mol. The Hall–Kier alpha value is -4.24. The van der Waals surface area contributed by atoms with Gasteiger partial charge in [-0.25, -0.2) is 4.98 Å². The molecular weight excluding hydrogens is 492 g/mol. The molecule has 9 heteroatoms. The summed E-state index contributed by atoms with van der Waals surface area (Å²) in [5.74, 6) is -0.634. The molecule has 1 aliphatic rings. The van der Waals surface area contributed by atoms with Gasteiger partial charge in [0.2, 0.25) is 17.7 Å². The number of nitrogens with two attached hydrogens (primary N) is 1. The van der Waals surface area contributed by atoms with Gasteiger partial charge in [-0.3, -0.25) is 14.4 Å². The van der Waals surface area contributed by atoms with Gasteiger partial charge in [-0.1, -0.05) is 72.8 Å². The second kappa shape index (κ2) is 12.1. The fraction of sp³-hybridized carbons (Fsp3) is 0.333. The van der Waals surface area contributed by atoms with Gasteiger partial charge in [0.1, 0.15) is 12.1 Å². The summed E-state index contributed by atoms with van der Waals surface area (Å²) in [6.45, 7) is 8.46. The molecule has 0 radical (unpaired) electrons. The van der Waals surface area contributed by atoms with Crippen molar-refractivity contribution < 1.29 is 14.4 Å². The minimum absolute atomic E-state index is 0.0385. The molecular formula is C30H36N6O3. The standard InChI is InChI=1S/C30H36N6O3/c1-21-14-16-35(17-15-21)28(38)26(23-12-8-5-9-13-23)36-19-25(32-20-36)34-27(37)24(33-29(39)30(2,3)31)18-22-10-6-4-7-11-22/h4-13,19-20,24,26H,1,14-18,31H2,2-3H3,(H,33,39)(H,34,37)/t24-,26?/m1/s1. The molecule has 2 aromatic carbocycles. The molecule has 1 fully saturated rings. The summed E-state index contributed by atoms with van der Waals surface area (Å²) in [5.41, 5.74) is 7.67. The van der Waals surface area contributed by atoms with E-state index in [4.69, 9.17) is 5.73 Å². The van der Waals surface area contributed by atoms with Crippen LogP contribution in [0.4, 0.5) is 5.82 Å². The Balaban J connectivity index is 1.55. The van der Waals surface area contributed by atoms with Gasteiger partial charge in [-0.15, -0.1) is 0 Å². The van der Waals surface area contributed by atoms with Crippen LogP contribution in [0.5, 0.6) is 0 Å². The molecule has 1 unspecified atom stereocenters. The molecule has 0 bridgehead atoms. The Morgan fingerprint density at radius 3 is 2.26 bits per heavy atom. The normalized spacial score (nSPS) is 15.4. The van der Waals surface area contributed by atoms with Gasteiger partial charge >= 0.3 is 0 Å². The first-order chi connectivity index (χ1) is 18.6. The number of hydrogen-bond acceptors (Lipinski definition) is 5. The predicted octanol–water partition coefficient (Wildman–Crippen LogP) is 3.05. The zero-order valence-electron chi connectivity index (χ0n) is 22.5. The lowest BCUT2D eigenvalue weighted by atomic mass is 10.0. The van der Waals surface area contributed by atoms with Gasteiger partial charge in [0.05, 0.1) is 11.9 Å². The molecule has 4 rings (SSSR count). The molecule has 1 saturated heterocycles. The van der Waals surface area contributed by atoms with Crippen molar-refractivity contribution in [3.63, 3.8) is 0 Å². The first-order valence-corrected chi connectivity index (χ1v) is 13.1. The predicted molar refractivity (Wildman–Crippen MR) is 151 cm³/mol. The van der Waals surface area contributed by atoms with Gasteiger partial charge in [0.25, 0.3) is 0 Å². The maximum absolute atomic E-state index is 13.7. The van der Waals surface area contributed by atoms with Crippen LogP contribution >= 0.6 is 0 Å². The first-order valence-electron chi connectivity index (χ1n) is 13.1. The van der Waals surface area contributed by atoms with E-state index >= 15 is 0 Å². The van der Waals surface area contributed by atoms with Crippen LogP contribution in [0.15, 0.2) is 85.3 Å². The largest absolute Gasteiger partial charge is 0.342 e. The van der Waals surface area contributed by atoms with E-state index in [2.05, 4.69) is 22.2 Å². The van der Waals surface area contributed by atoms with Crippen molar-refractivity contribution in [2.45, 2.75) is 50.7 Å². The number of piperidine rings is 1. The third-order valence-corrected chi connectivity index (χ3v) is 6.77. The second-order valence-electron chi connectivity index (χ2n) is 10.5. The van der Waals surface area contributed by atoms with Crippen LogP contribution in [0.2, 0.25) is 0 Å². The van der Waals surface area contributed by atoms with Gasteiger partial charge in [-0.05, 0) is 37.8 Å². The van der Waals surface area contributed by atoms with E-state index in [9.17, 15) is 14.4 Å². The highest BCUT2D eigenvalue weighted by atomic mass is 16.2. The number of carbonyl (C=O) groups is 3. The number of rotatable bonds is 9. The fourth-order valence-corrected chi connectivity index (χ4v) is 4.45. The summed E-state index contributed by atoms with van der Waals surface area (Å²) in [7, 11) is 0. The Labute approximate surface area is 229 Å². The van der Waals surface area contributed by atoms with Gasteiger partial charge in [0.15, 0.2) is 5.82 Å². The number of nitrogens with zero attached hydrogens (tertiary/aromatic N) is 3. The lowest BCUT2D eigenvalue weighted by Crippen LogP contribution is -2.55. The summed E-state index contributed by atoms with van der Waals surface area (Å²) < 4.78 is 1.71. The van der Waals surface area contributed by atoms with Gasteiger partial charge in [-0.2, -0.15) is 0 Å². The number of imidazole rings is 1. The molecule has 0 spiro atoms. The van der Waals surface area contributed by atoms with Gasteiger partial charge < -0.3 is 25.8 Å². The highest BCUT2D eigenvalue weighted by molar-refractivity contribution is 5.98. The first kappa shape index (κ1) is 27.8. The average molecular weight is 529 g/mol. The number of anilines is 1.